The van der Waals surface area contributed by atoms with Gasteiger partial charge in [0.25, 0.3) is 0 Å². The van der Waals surface area contributed by atoms with Crippen molar-refractivity contribution in [3.63, 3.8) is 0 Å². The zero-order valence-electron chi connectivity index (χ0n) is 8.27. The van der Waals surface area contributed by atoms with Gasteiger partial charge >= 0.3 is 5.97 Å². The molecule has 0 saturated carbocycles. The van der Waals surface area contributed by atoms with Crippen molar-refractivity contribution in [3.05, 3.63) is 35.9 Å². The summed E-state index contributed by atoms with van der Waals surface area (Å²) in [7, 11) is 1.39. The summed E-state index contributed by atoms with van der Waals surface area (Å²) in [5, 5.41) is 0. The Balaban J connectivity index is 2.43. The quantitative estimate of drug-likeness (QED) is 0.739. The fourth-order valence-corrected chi connectivity index (χ4v) is 1.24. The highest BCUT2D eigenvalue weighted by Crippen LogP contribution is 2.14. The smallest absolute Gasteiger partial charge is 0.305 e. The lowest BCUT2D eigenvalue weighted by Crippen LogP contribution is -2.12. The third kappa shape index (κ3) is 3.18. The molecule has 0 aliphatic rings. The zero-order valence-corrected chi connectivity index (χ0v) is 8.27. The van der Waals surface area contributed by atoms with E-state index in [2.05, 4.69) is 4.74 Å². The van der Waals surface area contributed by atoms with E-state index in [4.69, 9.17) is 5.73 Å². The highest BCUT2D eigenvalue weighted by atomic mass is 16.5. The van der Waals surface area contributed by atoms with Crippen molar-refractivity contribution in [2.24, 2.45) is 5.73 Å². The van der Waals surface area contributed by atoms with Gasteiger partial charge in [-0.15, -0.1) is 0 Å². The molecule has 3 nitrogen and oxygen atoms in total. The summed E-state index contributed by atoms with van der Waals surface area (Å²) in [5.74, 6) is -0.212. The van der Waals surface area contributed by atoms with Crippen molar-refractivity contribution in [2.75, 3.05) is 7.11 Å². The number of rotatable bonds is 4. The number of benzene rings is 1. The van der Waals surface area contributed by atoms with Gasteiger partial charge in [0, 0.05) is 12.5 Å². The van der Waals surface area contributed by atoms with Crippen LogP contribution < -0.4 is 5.73 Å². The first-order chi connectivity index (χ1) is 6.74. The molecule has 0 aliphatic carbocycles. The maximum Gasteiger partial charge on any atom is 0.305 e. The molecule has 0 amide bonds. The molecular formula is C11H15NO2. The van der Waals surface area contributed by atoms with E-state index in [1.54, 1.807) is 0 Å². The summed E-state index contributed by atoms with van der Waals surface area (Å²) >= 11 is 0. The number of nitrogens with two attached hydrogens (primary N) is 1. The minimum absolute atomic E-state index is 0.0877. The van der Waals surface area contributed by atoms with Gasteiger partial charge in [0.2, 0.25) is 0 Å². The Morgan fingerprint density at radius 2 is 2.07 bits per heavy atom. The molecule has 76 valence electrons. The number of carbonyl (C=O) groups excluding carboxylic acids is 1. The van der Waals surface area contributed by atoms with E-state index in [0.29, 0.717) is 12.8 Å². The van der Waals surface area contributed by atoms with Crippen LogP contribution in [-0.2, 0) is 9.53 Å². The molecule has 1 unspecified atom stereocenters. The number of ether oxygens (including phenoxy) is 1. The largest absolute Gasteiger partial charge is 0.469 e. The standard InChI is InChI=1S/C11H15NO2/c1-14-11(13)8-7-10(12)9-5-3-2-4-6-9/h2-6,10H,7-8,12H2,1H3. The molecule has 0 bridgehead atoms. The summed E-state index contributed by atoms with van der Waals surface area (Å²) in [5.41, 5.74) is 6.94. The second-order valence-electron chi connectivity index (χ2n) is 3.13. The lowest BCUT2D eigenvalue weighted by molar-refractivity contribution is -0.140. The van der Waals surface area contributed by atoms with Crippen LogP contribution in [0.2, 0.25) is 0 Å². The molecule has 0 aromatic heterocycles. The van der Waals surface area contributed by atoms with Crippen LogP contribution in [0.1, 0.15) is 24.4 Å². The van der Waals surface area contributed by atoms with Crippen LogP contribution in [0, 0.1) is 0 Å². The minimum atomic E-state index is -0.212. The SMILES string of the molecule is COC(=O)CCC(N)c1ccccc1. The fraction of sp³-hybridized carbons (Fsp3) is 0.364. The molecule has 2 N–H and O–H groups in total. The first kappa shape index (κ1) is 10.7. The Morgan fingerprint density at radius 1 is 1.43 bits per heavy atom. The van der Waals surface area contributed by atoms with Crippen LogP contribution in [-0.4, -0.2) is 13.1 Å². The second kappa shape index (κ2) is 5.40. The molecule has 0 fully saturated rings. The minimum Gasteiger partial charge on any atom is -0.469 e. The normalized spacial score (nSPS) is 12.1. The molecule has 0 radical (unpaired) electrons. The van der Waals surface area contributed by atoms with Crippen LogP contribution in [0.5, 0.6) is 0 Å². The van der Waals surface area contributed by atoms with Crippen molar-refractivity contribution in [3.8, 4) is 0 Å². The van der Waals surface area contributed by atoms with Gasteiger partial charge in [0.1, 0.15) is 0 Å². The van der Waals surface area contributed by atoms with Crippen LogP contribution in [0.4, 0.5) is 0 Å². The number of methoxy groups -OCH3 is 1. The predicted molar refractivity (Wildman–Crippen MR) is 54.6 cm³/mol. The Labute approximate surface area is 83.9 Å². The maximum absolute atomic E-state index is 10.9. The van der Waals surface area contributed by atoms with Gasteiger partial charge in [-0.2, -0.15) is 0 Å². The van der Waals surface area contributed by atoms with E-state index >= 15 is 0 Å². The third-order valence-electron chi connectivity index (χ3n) is 2.11. The average molecular weight is 193 g/mol. The molecule has 0 heterocycles. The molecule has 0 saturated heterocycles. The number of esters is 1. The van der Waals surface area contributed by atoms with Gasteiger partial charge in [-0.25, -0.2) is 0 Å². The van der Waals surface area contributed by atoms with Crippen LogP contribution >= 0.6 is 0 Å². The Kier molecular flexibility index (Phi) is 4.13. The van der Waals surface area contributed by atoms with Gasteiger partial charge < -0.3 is 10.5 Å². The van der Waals surface area contributed by atoms with E-state index < -0.39 is 0 Å². The van der Waals surface area contributed by atoms with Gasteiger partial charge in [0.05, 0.1) is 7.11 Å². The van der Waals surface area contributed by atoms with E-state index in [9.17, 15) is 4.79 Å². The lowest BCUT2D eigenvalue weighted by Gasteiger charge is -2.10. The van der Waals surface area contributed by atoms with E-state index in [-0.39, 0.29) is 12.0 Å². The third-order valence-corrected chi connectivity index (χ3v) is 2.11. The summed E-state index contributed by atoms with van der Waals surface area (Å²) in [6, 6.07) is 9.65. The number of hydrogen-bond donors (Lipinski definition) is 1. The lowest BCUT2D eigenvalue weighted by atomic mass is 10.0. The van der Waals surface area contributed by atoms with Gasteiger partial charge in [-0.3, -0.25) is 4.79 Å². The summed E-state index contributed by atoms with van der Waals surface area (Å²) in [6.07, 6.45) is 0.989. The molecule has 1 aromatic carbocycles. The van der Waals surface area contributed by atoms with Gasteiger partial charge in [-0.1, -0.05) is 30.3 Å². The second-order valence-corrected chi connectivity index (χ2v) is 3.13. The highest BCUT2D eigenvalue weighted by molar-refractivity contribution is 5.69. The van der Waals surface area contributed by atoms with Crippen LogP contribution in [0.3, 0.4) is 0 Å². The molecule has 0 spiro atoms. The zero-order chi connectivity index (χ0) is 10.4. The fourth-order valence-electron chi connectivity index (χ4n) is 1.24. The van der Waals surface area contributed by atoms with E-state index in [0.717, 1.165) is 5.56 Å². The summed E-state index contributed by atoms with van der Waals surface area (Å²) in [4.78, 5) is 10.9. The molecule has 1 rings (SSSR count). The maximum atomic E-state index is 10.9. The Bertz CT molecular complexity index is 285. The van der Waals surface area contributed by atoms with Crippen LogP contribution in [0.15, 0.2) is 30.3 Å². The predicted octanol–water partition coefficient (Wildman–Crippen LogP) is 1.64. The summed E-state index contributed by atoms with van der Waals surface area (Å²) < 4.78 is 4.54. The number of hydrogen-bond acceptors (Lipinski definition) is 3. The topological polar surface area (TPSA) is 52.3 Å². The van der Waals surface area contributed by atoms with Gasteiger partial charge in [-0.05, 0) is 12.0 Å². The van der Waals surface area contributed by atoms with Crippen molar-refractivity contribution >= 4 is 5.97 Å². The Morgan fingerprint density at radius 3 is 2.64 bits per heavy atom. The molecule has 3 heteroatoms. The number of carbonyl (C=O) groups is 1. The average Bonchev–Trinajstić information content (AvgIpc) is 2.26. The first-order valence-corrected chi connectivity index (χ1v) is 4.61. The van der Waals surface area contributed by atoms with Crippen molar-refractivity contribution in [2.45, 2.75) is 18.9 Å². The molecule has 14 heavy (non-hydrogen) atoms. The van der Waals surface area contributed by atoms with E-state index in [1.807, 2.05) is 30.3 Å². The van der Waals surface area contributed by atoms with E-state index in [1.165, 1.54) is 7.11 Å². The highest BCUT2D eigenvalue weighted by Gasteiger charge is 2.08. The molecule has 0 aliphatic heterocycles. The Hall–Kier alpha value is -1.35. The molecule has 1 aromatic rings. The summed E-state index contributed by atoms with van der Waals surface area (Å²) in [6.45, 7) is 0. The van der Waals surface area contributed by atoms with Crippen molar-refractivity contribution < 1.29 is 9.53 Å². The van der Waals surface area contributed by atoms with Crippen molar-refractivity contribution in [1.82, 2.24) is 0 Å². The first-order valence-electron chi connectivity index (χ1n) is 4.61. The van der Waals surface area contributed by atoms with Crippen molar-refractivity contribution in [1.29, 1.82) is 0 Å². The van der Waals surface area contributed by atoms with Gasteiger partial charge in [0.15, 0.2) is 0 Å². The molecular weight excluding hydrogens is 178 g/mol. The monoisotopic (exact) mass is 193 g/mol. The molecule has 1 atom stereocenters. The van der Waals surface area contributed by atoms with Crippen LogP contribution in [0.25, 0.3) is 0 Å².